The Balaban J connectivity index is 1.90. The van der Waals surface area contributed by atoms with Crippen molar-refractivity contribution < 1.29 is 23.0 Å². The summed E-state index contributed by atoms with van der Waals surface area (Å²) < 4.78 is 46.0. The van der Waals surface area contributed by atoms with Gasteiger partial charge in [0.2, 0.25) is 0 Å². The van der Waals surface area contributed by atoms with Gasteiger partial charge in [0.15, 0.2) is 0 Å². The van der Waals surface area contributed by atoms with E-state index in [0.717, 1.165) is 15.2 Å². The molecule has 29 heavy (non-hydrogen) atoms. The molecule has 2 aromatic heterocycles. The topological polar surface area (TPSA) is 89.6 Å². The van der Waals surface area contributed by atoms with Crippen LogP contribution >= 0.6 is 0 Å². The number of morpholine rings is 1. The Morgan fingerprint density at radius 3 is 2.41 bits per heavy atom. The summed E-state index contributed by atoms with van der Waals surface area (Å²) in [6.45, 7) is 5.01. The molecule has 8 nitrogen and oxygen atoms in total. The van der Waals surface area contributed by atoms with Crippen LogP contribution < -0.4 is 11.2 Å². The van der Waals surface area contributed by atoms with Crippen molar-refractivity contribution >= 4 is 11.0 Å². The van der Waals surface area contributed by atoms with Gasteiger partial charge in [-0.1, -0.05) is 0 Å². The van der Waals surface area contributed by atoms with Crippen molar-refractivity contribution in [3.05, 3.63) is 38.7 Å². The zero-order chi connectivity index (χ0) is 21.5. The van der Waals surface area contributed by atoms with E-state index in [-0.39, 0.29) is 36.3 Å². The summed E-state index contributed by atoms with van der Waals surface area (Å²) in [4.78, 5) is 30.7. The highest BCUT2D eigenvalue weighted by atomic mass is 19.4. The summed E-state index contributed by atoms with van der Waals surface area (Å²) >= 11 is 0. The Hall–Kier alpha value is -2.24. The number of aliphatic hydroxyl groups excluding tert-OH is 1. The van der Waals surface area contributed by atoms with Crippen LogP contribution in [0, 0.1) is 0 Å². The van der Waals surface area contributed by atoms with E-state index >= 15 is 0 Å². The van der Waals surface area contributed by atoms with Crippen LogP contribution in [0.3, 0.4) is 0 Å². The fourth-order valence-corrected chi connectivity index (χ4v) is 3.69. The maximum atomic E-state index is 12.9. The standard InChI is InChI=1S/C18H23F3N4O4/c1-10-6-24(7-11(2)29-10)8-12(26)9-25-16(27)13-4-5-14(18(19,20)21)22-15(13)23(3)17(25)28/h4-5,10-12,26H,6-9H2,1-3H3. The van der Waals surface area contributed by atoms with Crippen LogP contribution in [-0.2, 0) is 24.5 Å². The first-order chi connectivity index (χ1) is 13.5. The predicted molar refractivity (Wildman–Crippen MR) is 98.7 cm³/mol. The zero-order valence-corrected chi connectivity index (χ0v) is 16.3. The molecule has 160 valence electrons. The molecule has 3 atom stereocenters. The summed E-state index contributed by atoms with van der Waals surface area (Å²) in [7, 11) is 1.24. The van der Waals surface area contributed by atoms with E-state index in [1.165, 1.54) is 7.05 Å². The van der Waals surface area contributed by atoms with Gasteiger partial charge in [0.05, 0.1) is 30.2 Å². The lowest BCUT2D eigenvalue weighted by Crippen LogP contribution is -2.50. The molecule has 0 aliphatic carbocycles. The number of halogens is 3. The van der Waals surface area contributed by atoms with Crippen molar-refractivity contribution in [3.8, 4) is 0 Å². The van der Waals surface area contributed by atoms with Gasteiger partial charge in [-0.15, -0.1) is 0 Å². The van der Waals surface area contributed by atoms with Crippen molar-refractivity contribution in [1.82, 2.24) is 19.0 Å². The van der Waals surface area contributed by atoms with Crippen molar-refractivity contribution in [1.29, 1.82) is 0 Å². The highest BCUT2D eigenvalue weighted by Gasteiger charge is 2.33. The number of rotatable bonds is 4. The van der Waals surface area contributed by atoms with Crippen molar-refractivity contribution in [2.45, 2.75) is 44.9 Å². The highest BCUT2D eigenvalue weighted by molar-refractivity contribution is 5.74. The number of pyridine rings is 1. The van der Waals surface area contributed by atoms with E-state index < -0.39 is 29.2 Å². The minimum atomic E-state index is -4.69. The lowest BCUT2D eigenvalue weighted by atomic mass is 10.2. The van der Waals surface area contributed by atoms with Crippen LogP contribution in [0.25, 0.3) is 11.0 Å². The molecule has 0 saturated carbocycles. The largest absolute Gasteiger partial charge is 0.433 e. The molecule has 0 spiro atoms. The third-order valence-corrected chi connectivity index (χ3v) is 4.83. The number of aliphatic hydroxyl groups is 1. The zero-order valence-electron chi connectivity index (χ0n) is 16.3. The van der Waals surface area contributed by atoms with Crippen molar-refractivity contribution in [2.24, 2.45) is 7.05 Å². The second kappa shape index (κ2) is 7.88. The molecule has 1 N–H and O–H groups in total. The average molecular weight is 416 g/mol. The molecule has 11 heteroatoms. The number of β-amino-alcohol motifs (C(OH)–C–C–N with tert-alkyl or cyclic N) is 1. The van der Waals surface area contributed by atoms with Gasteiger partial charge in [0.25, 0.3) is 5.56 Å². The minimum absolute atomic E-state index is 0.00360. The van der Waals surface area contributed by atoms with Crippen molar-refractivity contribution in [2.75, 3.05) is 19.6 Å². The predicted octanol–water partition coefficient (Wildman–Crippen LogP) is 0.584. The van der Waals surface area contributed by atoms with Crippen molar-refractivity contribution in [3.63, 3.8) is 0 Å². The van der Waals surface area contributed by atoms with E-state index in [4.69, 9.17) is 4.74 Å². The number of hydrogen-bond acceptors (Lipinski definition) is 6. The molecular weight excluding hydrogens is 393 g/mol. The van der Waals surface area contributed by atoms with Gasteiger partial charge in [-0.25, -0.2) is 9.78 Å². The average Bonchev–Trinajstić information content (AvgIpc) is 2.61. The Labute approximate surface area is 164 Å². The van der Waals surface area contributed by atoms with E-state index in [1.54, 1.807) is 0 Å². The van der Waals surface area contributed by atoms with Gasteiger partial charge in [-0.3, -0.25) is 18.8 Å². The van der Waals surface area contributed by atoms with Gasteiger partial charge in [-0.05, 0) is 26.0 Å². The number of nitrogens with zero attached hydrogens (tertiary/aromatic N) is 4. The molecule has 1 aliphatic heterocycles. The number of alkyl halides is 3. The second-order valence-electron chi connectivity index (χ2n) is 7.45. The lowest BCUT2D eigenvalue weighted by molar-refractivity contribution is -0.141. The monoisotopic (exact) mass is 416 g/mol. The quantitative estimate of drug-likeness (QED) is 0.785. The number of aryl methyl sites for hydroxylation is 1. The molecule has 0 radical (unpaired) electrons. The maximum absolute atomic E-state index is 12.9. The number of ether oxygens (including phenoxy) is 1. The second-order valence-corrected chi connectivity index (χ2v) is 7.45. The molecule has 3 unspecified atom stereocenters. The fraction of sp³-hybridized carbons (Fsp3) is 0.611. The Morgan fingerprint density at radius 2 is 1.83 bits per heavy atom. The summed E-state index contributed by atoms with van der Waals surface area (Å²) in [5.41, 5.74) is -3.16. The molecule has 0 amide bonds. The third-order valence-electron chi connectivity index (χ3n) is 4.83. The molecule has 2 aromatic rings. The molecule has 1 saturated heterocycles. The first-order valence-electron chi connectivity index (χ1n) is 9.21. The summed E-state index contributed by atoms with van der Waals surface area (Å²) in [6, 6.07) is 1.70. The van der Waals surface area contributed by atoms with Crippen LogP contribution in [0.15, 0.2) is 21.7 Å². The SMILES string of the molecule is CC1CN(CC(O)Cn2c(=O)c3ccc(C(F)(F)F)nc3n(C)c2=O)CC(C)O1. The smallest absolute Gasteiger partial charge is 0.390 e. The number of fused-ring (bicyclic) bond motifs is 1. The van der Waals surface area contributed by atoms with Crippen LogP contribution in [0.1, 0.15) is 19.5 Å². The van der Waals surface area contributed by atoms with E-state index in [9.17, 15) is 27.9 Å². The molecular formula is C18H23F3N4O4. The third kappa shape index (κ3) is 4.51. The molecule has 1 aliphatic rings. The van der Waals surface area contributed by atoms with Crippen LogP contribution in [0.5, 0.6) is 0 Å². The molecule has 3 heterocycles. The summed E-state index contributed by atoms with van der Waals surface area (Å²) in [5, 5.41) is 10.3. The summed E-state index contributed by atoms with van der Waals surface area (Å²) in [5.74, 6) is 0. The Kier molecular flexibility index (Phi) is 5.84. The van der Waals surface area contributed by atoms with Gasteiger partial charge < -0.3 is 9.84 Å². The maximum Gasteiger partial charge on any atom is 0.433 e. The molecule has 3 rings (SSSR count). The molecule has 1 fully saturated rings. The molecule has 0 aromatic carbocycles. The first-order valence-corrected chi connectivity index (χ1v) is 9.21. The van der Waals surface area contributed by atoms with E-state index in [0.29, 0.717) is 19.2 Å². The Morgan fingerprint density at radius 1 is 1.21 bits per heavy atom. The van der Waals surface area contributed by atoms with Crippen LogP contribution in [0.4, 0.5) is 13.2 Å². The molecule has 0 bridgehead atoms. The fourth-order valence-electron chi connectivity index (χ4n) is 3.69. The van der Waals surface area contributed by atoms with Gasteiger partial charge in [0.1, 0.15) is 11.3 Å². The first kappa shape index (κ1) is 21.5. The van der Waals surface area contributed by atoms with Gasteiger partial charge in [-0.2, -0.15) is 13.2 Å². The highest BCUT2D eigenvalue weighted by Crippen LogP contribution is 2.28. The number of aromatic nitrogens is 3. The van der Waals surface area contributed by atoms with Gasteiger partial charge >= 0.3 is 11.9 Å². The summed E-state index contributed by atoms with van der Waals surface area (Å²) in [6.07, 6.45) is -5.72. The minimum Gasteiger partial charge on any atom is -0.390 e. The van der Waals surface area contributed by atoms with Crippen LogP contribution in [0.2, 0.25) is 0 Å². The van der Waals surface area contributed by atoms with Gasteiger partial charge in [0, 0.05) is 26.7 Å². The number of hydrogen-bond donors (Lipinski definition) is 1. The van der Waals surface area contributed by atoms with E-state index in [2.05, 4.69) is 4.98 Å². The van der Waals surface area contributed by atoms with Crippen LogP contribution in [-0.4, -0.2) is 62.1 Å². The Bertz CT molecular complexity index is 1010. The lowest BCUT2D eigenvalue weighted by Gasteiger charge is -2.36. The normalized spacial score (nSPS) is 22.2. The van der Waals surface area contributed by atoms with E-state index in [1.807, 2.05) is 18.7 Å².